The van der Waals surface area contributed by atoms with Gasteiger partial charge in [0.1, 0.15) is 55.4 Å². The van der Waals surface area contributed by atoms with Crippen LogP contribution in [-0.2, 0) is 44.6 Å². The van der Waals surface area contributed by atoms with Crippen LogP contribution < -0.4 is 0 Å². The first-order valence-corrected chi connectivity index (χ1v) is 35.2. The smallest absolute Gasteiger partial charge is 0.216 e. The van der Waals surface area contributed by atoms with E-state index in [0.29, 0.717) is 66.6 Å². The number of benzene rings is 4. The number of ketones is 4. The van der Waals surface area contributed by atoms with Crippen LogP contribution in [-0.4, -0.2) is 166 Å². The standard InChI is InChI=1S/2C18H15F2IN2O3.C18H16FIN2O3.C17H15FIN3O3/c19-15-6-12(21)2-1-11(15)5-13-14(17(25)10-26-4-3-24)9-23-16(13)7-22-8-18(23)20;19-14-8-12(21)2-1-11(14)7-13-15-9-22-3-4-23(15)18(20)17(13)16(25)10-26-6-5-24;19-16-8-13(20)2-1-12(16)7-14-15(18(24)11-25-6-5-23)10-22-4-3-21-9-17(14)22;18-14-8-12(19)2-1-11(14)7-13-15-9-20-3-4-22(15)21-17(13)16(24)10-25-6-5-23/h1-2,6-9,24H,3-5,10H2;1-4,8-9,24H,5-7,10H2;1-4,8-10,23H,5-7,11H2;1-4,8-9,23H,5-7,10H2. The largest absolute Gasteiger partial charge is 0.394 e. The number of nitrogens with zero attached hydrogens (tertiary/aromatic N) is 9. The van der Waals surface area contributed by atoms with E-state index in [1.54, 1.807) is 88.7 Å². The normalized spacial score (nSPS) is 11.2. The fraction of sp³-hybridized carbons (Fsp3) is 0.225. The quantitative estimate of drug-likeness (QED) is 0.0154. The lowest BCUT2D eigenvalue weighted by atomic mass is 10.00. The number of fused-ring (bicyclic) bond motifs is 4. The second-order valence-electron chi connectivity index (χ2n) is 22.1. The maximum Gasteiger partial charge on any atom is 0.216 e. The Balaban J connectivity index is 0.000000158. The Bertz CT molecular complexity index is 4810. The first-order valence-electron chi connectivity index (χ1n) is 30.9. The van der Waals surface area contributed by atoms with Gasteiger partial charge in [0.15, 0.2) is 17.3 Å². The Kier molecular flexibility index (Phi) is 29.5. The molecule has 0 amide bonds. The fourth-order valence-corrected chi connectivity index (χ4v) is 12.4. The van der Waals surface area contributed by atoms with Gasteiger partial charge in [0.2, 0.25) is 17.7 Å². The summed E-state index contributed by atoms with van der Waals surface area (Å²) in [7, 11) is 0. The van der Waals surface area contributed by atoms with Gasteiger partial charge in [-0.3, -0.25) is 47.9 Å². The number of hydrogen-bond donors (Lipinski definition) is 4. The Labute approximate surface area is 632 Å². The average molecular weight is 1850 g/mol. The van der Waals surface area contributed by atoms with Gasteiger partial charge in [0.05, 0.1) is 111 Å². The van der Waals surface area contributed by atoms with Gasteiger partial charge < -0.3 is 43.8 Å². The van der Waals surface area contributed by atoms with Crippen molar-refractivity contribution in [3.05, 3.63) is 270 Å². The lowest BCUT2D eigenvalue weighted by molar-refractivity contribution is 0.0654. The van der Waals surface area contributed by atoms with Crippen molar-refractivity contribution in [2.45, 2.75) is 25.7 Å². The van der Waals surface area contributed by atoms with Crippen LogP contribution in [0.1, 0.15) is 86.1 Å². The van der Waals surface area contributed by atoms with Gasteiger partial charge >= 0.3 is 0 Å². The van der Waals surface area contributed by atoms with Crippen molar-refractivity contribution in [2.24, 2.45) is 0 Å². The Morgan fingerprint density at radius 3 is 1.29 bits per heavy atom. The number of ether oxygens (including phenoxy) is 4. The zero-order valence-electron chi connectivity index (χ0n) is 53.6. The third kappa shape index (κ3) is 20.2. The highest BCUT2D eigenvalue weighted by molar-refractivity contribution is 14.1. The van der Waals surface area contributed by atoms with E-state index in [1.807, 2.05) is 79.9 Å². The highest BCUT2D eigenvalue weighted by Gasteiger charge is 2.27. The number of halogens is 10. The number of hydrogen-bond acceptors (Lipinski definition) is 17. The van der Waals surface area contributed by atoms with Crippen molar-refractivity contribution >= 4 is 136 Å². The molecule has 102 heavy (non-hydrogen) atoms. The first-order chi connectivity index (χ1) is 49.2. The Hall–Kier alpha value is -7.57. The minimum absolute atomic E-state index is 0.0239. The molecule has 0 unspecified atom stereocenters. The third-order valence-electron chi connectivity index (χ3n) is 15.3. The second kappa shape index (κ2) is 38.3. The summed E-state index contributed by atoms with van der Waals surface area (Å²) in [4.78, 5) is 65.9. The van der Waals surface area contributed by atoms with Gasteiger partial charge in [-0.1, -0.05) is 24.3 Å². The van der Waals surface area contributed by atoms with Crippen molar-refractivity contribution in [1.29, 1.82) is 0 Å². The molecule has 8 heterocycles. The van der Waals surface area contributed by atoms with E-state index in [0.717, 1.165) is 26.0 Å². The van der Waals surface area contributed by atoms with Crippen LogP contribution in [0.4, 0.5) is 26.3 Å². The molecule has 4 N–H and O–H groups in total. The molecule has 8 aromatic heterocycles. The molecule has 12 rings (SSSR count). The predicted octanol–water partition coefficient (Wildman–Crippen LogP) is 11.1. The van der Waals surface area contributed by atoms with E-state index >= 15 is 0 Å². The highest BCUT2D eigenvalue weighted by atomic mass is 127. The van der Waals surface area contributed by atoms with Gasteiger partial charge in [-0.05, 0) is 178 Å². The summed E-state index contributed by atoms with van der Waals surface area (Å²) in [6, 6.07) is 19.6. The maximum absolute atomic E-state index is 14.8. The van der Waals surface area contributed by atoms with Gasteiger partial charge in [-0.25, -0.2) is 22.1 Å². The summed E-state index contributed by atoms with van der Waals surface area (Å²) in [5.41, 5.74) is 6.89. The van der Waals surface area contributed by atoms with E-state index in [9.17, 15) is 45.5 Å². The summed E-state index contributed by atoms with van der Waals surface area (Å²) >= 11 is 8.12. The van der Waals surface area contributed by atoms with E-state index in [2.05, 4.69) is 47.6 Å². The summed E-state index contributed by atoms with van der Waals surface area (Å²) < 4.78 is 115. The zero-order chi connectivity index (χ0) is 73.0. The predicted molar refractivity (Wildman–Crippen MR) is 395 cm³/mol. The SMILES string of the molecule is O=C(COCCO)c1c(Cc2ccc(I)cc2F)c2cnccn2c1F.O=C(COCCO)c1cn2c(F)cncc2c1Cc1ccc(I)cc1F.O=C(COCCO)c1cn2ccncc2c1Cc1ccc(I)cc1F.O=C(COCCO)c1nn2ccncc2c1Cc1ccc(I)cc1F. The first kappa shape index (κ1) is 78.6. The molecule has 0 fully saturated rings. The van der Waals surface area contributed by atoms with Crippen LogP contribution in [0.3, 0.4) is 0 Å². The lowest BCUT2D eigenvalue weighted by Gasteiger charge is -2.07. The Morgan fingerprint density at radius 1 is 0.412 bits per heavy atom. The molecule has 0 bridgehead atoms. The van der Waals surface area contributed by atoms with Crippen molar-refractivity contribution in [1.82, 2.24) is 42.8 Å². The monoisotopic (exact) mass is 1850 g/mol. The van der Waals surface area contributed by atoms with Crippen LogP contribution in [0.5, 0.6) is 0 Å². The van der Waals surface area contributed by atoms with Crippen LogP contribution >= 0.6 is 90.4 Å². The average Bonchev–Trinajstić information content (AvgIpc) is 1.64. The van der Waals surface area contributed by atoms with E-state index in [1.165, 1.54) is 64.1 Å². The molecule has 0 atom stereocenters. The molecule has 4 aromatic carbocycles. The summed E-state index contributed by atoms with van der Waals surface area (Å²) in [5.74, 6) is -4.27. The molecule has 12 aromatic rings. The van der Waals surface area contributed by atoms with Gasteiger partial charge in [-0.2, -0.15) is 13.9 Å². The molecule has 532 valence electrons. The topological polar surface area (TPSA) is 268 Å². The molecule has 0 radical (unpaired) electrons. The zero-order valence-corrected chi connectivity index (χ0v) is 62.2. The lowest BCUT2D eigenvalue weighted by Crippen LogP contribution is -2.14. The second-order valence-corrected chi connectivity index (χ2v) is 27.0. The maximum atomic E-state index is 14.8. The summed E-state index contributed by atoms with van der Waals surface area (Å²) in [5, 5.41) is 39.3. The van der Waals surface area contributed by atoms with Crippen molar-refractivity contribution < 1.29 is 84.9 Å². The number of Topliss-reactive ketones (excluding diaryl/α,β-unsaturated/α-hetero) is 4. The molecule has 0 saturated carbocycles. The number of aromatic nitrogens is 9. The van der Waals surface area contributed by atoms with Crippen LogP contribution in [0.25, 0.3) is 22.1 Å². The Morgan fingerprint density at radius 2 is 0.804 bits per heavy atom. The molecular formula is C71H61F6I4N9O12. The fourth-order valence-electron chi connectivity index (χ4n) is 10.6. The molecule has 0 aliphatic heterocycles. The molecule has 21 nitrogen and oxygen atoms in total. The van der Waals surface area contributed by atoms with Crippen LogP contribution in [0.15, 0.2) is 153 Å². The summed E-state index contributed by atoms with van der Waals surface area (Å²) in [6.07, 6.45) is 20.3. The number of rotatable bonds is 28. The van der Waals surface area contributed by atoms with Crippen molar-refractivity contribution in [3.8, 4) is 0 Å². The van der Waals surface area contributed by atoms with Crippen molar-refractivity contribution in [3.63, 3.8) is 0 Å². The number of aliphatic hydroxyl groups excluding tert-OH is 4. The van der Waals surface area contributed by atoms with E-state index in [-0.39, 0.29) is 151 Å². The van der Waals surface area contributed by atoms with E-state index in [4.69, 9.17) is 39.4 Å². The van der Waals surface area contributed by atoms with Crippen molar-refractivity contribution in [2.75, 3.05) is 79.3 Å². The van der Waals surface area contributed by atoms with Gasteiger partial charge in [-0.15, -0.1) is 0 Å². The number of carbonyl (C=O) groups excluding carboxylic acids is 4. The minimum Gasteiger partial charge on any atom is -0.394 e. The number of aliphatic hydroxyl groups is 4. The molecular weight excluding hydrogens is 1790 g/mol. The molecule has 31 heteroatoms. The molecule has 0 aliphatic carbocycles. The molecule has 0 aliphatic rings. The molecule has 0 spiro atoms. The third-order valence-corrected chi connectivity index (χ3v) is 18.0. The minimum atomic E-state index is -0.735. The molecule has 0 saturated heterocycles. The van der Waals surface area contributed by atoms with Gasteiger partial charge in [0.25, 0.3) is 0 Å². The van der Waals surface area contributed by atoms with Crippen LogP contribution in [0, 0.1) is 49.4 Å². The van der Waals surface area contributed by atoms with Gasteiger partial charge in [0, 0.05) is 106 Å². The highest BCUT2D eigenvalue weighted by Crippen LogP contribution is 2.30. The van der Waals surface area contributed by atoms with E-state index < -0.39 is 29.3 Å². The number of carbonyl (C=O) groups is 4. The van der Waals surface area contributed by atoms with Crippen LogP contribution in [0.2, 0.25) is 0 Å². The summed E-state index contributed by atoms with van der Waals surface area (Å²) in [6.45, 7) is -1.53.